The van der Waals surface area contributed by atoms with Crippen molar-refractivity contribution in [1.82, 2.24) is 25.1 Å². The highest BCUT2D eigenvalue weighted by Crippen LogP contribution is 2.22. The molecule has 78 heavy (non-hydrogen) atoms. The number of methoxy groups -OCH3 is 2. The number of nitrogens with one attached hydrogen (secondary N) is 3. The predicted molar refractivity (Wildman–Crippen MR) is 265 cm³/mol. The molecule has 16 atom stereocenters. The van der Waals surface area contributed by atoms with Crippen molar-refractivity contribution in [2.45, 2.75) is 136 Å². The lowest BCUT2D eigenvalue weighted by molar-refractivity contribution is -0.148. The zero-order valence-corrected chi connectivity index (χ0v) is 43.4. The molecule has 3 amide bonds. The van der Waals surface area contributed by atoms with E-state index in [0.717, 1.165) is 0 Å². The van der Waals surface area contributed by atoms with Crippen molar-refractivity contribution < 1.29 is 131 Å². The van der Waals surface area contributed by atoms with E-state index in [2.05, 4.69) is 25.9 Å². The van der Waals surface area contributed by atoms with E-state index in [-0.39, 0.29) is 50.1 Å². The number of carbonyl (C=O) groups excluding carboxylic acids is 4. The number of ketones is 1. The Morgan fingerprint density at radius 1 is 0.423 bits per heavy atom. The molecule has 0 saturated heterocycles. The first kappa shape index (κ1) is 71.9. The number of aromatic nitrogens is 2. The topological polar surface area (TPSA) is 560 Å². The van der Waals surface area contributed by atoms with Crippen LogP contribution >= 0.6 is 0 Å². The van der Waals surface area contributed by atoms with Gasteiger partial charge in [0.1, 0.15) is 97.7 Å². The van der Waals surface area contributed by atoms with Gasteiger partial charge in [-0.15, -0.1) is 0 Å². The van der Waals surface area contributed by atoms with Crippen LogP contribution < -0.4 is 16.0 Å². The van der Waals surface area contributed by atoms with Crippen LogP contribution in [0.25, 0.3) is 0 Å². The molecule has 454 valence electrons. The summed E-state index contributed by atoms with van der Waals surface area (Å²) in [5.74, 6) is -4.24. The Balaban J connectivity index is 3.59. The third-order valence-corrected chi connectivity index (χ3v) is 12.1. The quantitative estimate of drug-likeness (QED) is 0.0213. The Hall–Kier alpha value is -4.12. The van der Waals surface area contributed by atoms with Gasteiger partial charge in [0.2, 0.25) is 11.8 Å². The van der Waals surface area contributed by atoms with Crippen molar-refractivity contribution in [3.63, 3.8) is 0 Å². The second-order valence-corrected chi connectivity index (χ2v) is 18.2. The Labute approximate surface area is 448 Å². The molecule has 1 rings (SSSR count). The third kappa shape index (κ3) is 23.5. The average molecular weight is 1140 g/mol. The fourth-order valence-electron chi connectivity index (χ4n) is 7.23. The van der Waals surface area contributed by atoms with E-state index in [1.165, 1.54) is 14.2 Å². The Morgan fingerprint density at radius 2 is 0.731 bits per heavy atom. The smallest absolute Gasteiger partial charge is 0.273 e. The van der Waals surface area contributed by atoms with E-state index in [1.807, 2.05) is 0 Å². The molecular formula is C45H83N7O26. The van der Waals surface area contributed by atoms with Crippen molar-refractivity contribution >= 4 is 35.1 Å². The number of ether oxygens (including phenoxy) is 2. The molecule has 0 bridgehead atoms. The minimum Gasteiger partial charge on any atom is -0.394 e. The van der Waals surface area contributed by atoms with Gasteiger partial charge in [-0.3, -0.25) is 19.2 Å². The van der Waals surface area contributed by atoms with Gasteiger partial charge in [-0.25, -0.2) is 9.97 Å². The molecule has 1 aromatic rings. The van der Waals surface area contributed by atoms with Crippen molar-refractivity contribution in [2.24, 2.45) is 0 Å². The number of amides is 3. The van der Waals surface area contributed by atoms with Crippen LogP contribution in [0, 0.1) is 0 Å². The van der Waals surface area contributed by atoms with Gasteiger partial charge in [0.25, 0.3) is 5.91 Å². The number of hydrogen-bond acceptors (Lipinski definition) is 30. The number of aliphatic hydroxyl groups excluding tert-OH is 20. The first-order valence-corrected chi connectivity index (χ1v) is 24.9. The zero-order chi connectivity index (χ0) is 59.4. The molecule has 33 nitrogen and oxygen atoms in total. The van der Waals surface area contributed by atoms with Crippen molar-refractivity contribution in [2.75, 3.05) is 110 Å². The van der Waals surface area contributed by atoms with Crippen LogP contribution in [0.5, 0.6) is 0 Å². The number of carbonyl (C=O) groups is 4. The summed E-state index contributed by atoms with van der Waals surface area (Å²) in [6, 6.07) is 0. The summed E-state index contributed by atoms with van der Waals surface area (Å²) in [6.07, 6.45) is -34.8. The molecule has 0 spiro atoms. The van der Waals surface area contributed by atoms with Crippen LogP contribution in [0.3, 0.4) is 0 Å². The molecule has 0 aliphatic rings. The van der Waals surface area contributed by atoms with E-state index in [1.54, 1.807) is 0 Å². The van der Waals surface area contributed by atoms with Gasteiger partial charge in [-0.1, -0.05) is 0 Å². The van der Waals surface area contributed by atoms with Crippen LogP contribution in [0.2, 0.25) is 0 Å². The number of aliphatic hydroxyl groups is 20. The standard InChI is InChI=1S/C45H83N7O26/c1-77-12-4-9-46-43-33(22(57)6-3-7-31(66)51(14-23(58)35(68)39(72)27(62)18-53)15-24(59)36(69)40(73)28(63)19-54)49-44(47-10-5-13-78-2)34(50-43)45(76)48-11-8-32(67)52(16-25(60)37(70)41(74)29(64)20-55)17-26(61)38(71)42(75)30(65)21-56/h23-30,35-42,53-56,58-65,68-75H,3-21H2,1-2H3,(H,46,50)(H,47,49)(H,48,76). The highest BCUT2D eigenvalue weighted by molar-refractivity contribution is 6.02. The summed E-state index contributed by atoms with van der Waals surface area (Å²) in [6.45, 7) is -7.77. The summed E-state index contributed by atoms with van der Waals surface area (Å²) in [5, 5.41) is 209. The average Bonchev–Trinajstić information content (AvgIpc) is 3.43. The summed E-state index contributed by atoms with van der Waals surface area (Å²) in [4.78, 5) is 65.2. The van der Waals surface area contributed by atoms with Crippen LogP contribution in [0.4, 0.5) is 11.6 Å². The van der Waals surface area contributed by atoms with Crippen LogP contribution in [0.1, 0.15) is 59.5 Å². The first-order chi connectivity index (χ1) is 36.8. The predicted octanol–water partition coefficient (Wildman–Crippen LogP) is -11.8. The van der Waals surface area contributed by atoms with Gasteiger partial charge in [0.05, 0.1) is 26.4 Å². The number of hydrogen-bond donors (Lipinski definition) is 23. The molecule has 0 saturated carbocycles. The second kappa shape index (κ2) is 37.7. The van der Waals surface area contributed by atoms with E-state index >= 15 is 0 Å². The lowest BCUT2D eigenvalue weighted by Crippen LogP contribution is -2.54. The van der Waals surface area contributed by atoms with Crippen molar-refractivity contribution in [3.8, 4) is 0 Å². The molecular weight excluding hydrogens is 1050 g/mol. The monoisotopic (exact) mass is 1140 g/mol. The van der Waals surface area contributed by atoms with Gasteiger partial charge in [0.15, 0.2) is 28.8 Å². The van der Waals surface area contributed by atoms with E-state index < -0.39 is 205 Å². The first-order valence-electron chi connectivity index (χ1n) is 24.9. The van der Waals surface area contributed by atoms with Crippen LogP contribution in [-0.4, -0.2) is 343 Å². The SMILES string of the molecule is COCCCNc1nc(C(=O)NCCC(=O)N(CC(O)C(O)C(O)C(O)CO)CC(O)C(O)C(O)C(O)CO)c(NCCCOC)nc1C(=O)CCCC(=O)N(CC(O)C(O)C(O)C(O)CO)CC(O)C(O)C(O)C(O)CO. The molecule has 0 fully saturated rings. The lowest BCUT2D eigenvalue weighted by atomic mass is 10.0. The van der Waals surface area contributed by atoms with Gasteiger partial charge < -0.3 is 137 Å². The number of rotatable bonds is 43. The molecule has 33 heteroatoms. The summed E-state index contributed by atoms with van der Waals surface area (Å²) >= 11 is 0. The molecule has 23 N–H and O–H groups in total. The Morgan fingerprint density at radius 3 is 1.06 bits per heavy atom. The number of nitrogens with zero attached hydrogens (tertiary/aromatic N) is 4. The molecule has 0 aliphatic carbocycles. The van der Waals surface area contributed by atoms with E-state index in [4.69, 9.17) is 9.47 Å². The van der Waals surface area contributed by atoms with Crippen LogP contribution in [-0.2, 0) is 19.1 Å². The zero-order valence-electron chi connectivity index (χ0n) is 43.4. The minimum atomic E-state index is -2.20. The largest absolute Gasteiger partial charge is 0.394 e. The van der Waals surface area contributed by atoms with Gasteiger partial charge in [-0.2, -0.15) is 0 Å². The third-order valence-electron chi connectivity index (χ3n) is 12.1. The summed E-state index contributed by atoms with van der Waals surface area (Å²) in [5.41, 5.74) is -0.791. The fourth-order valence-corrected chi connectivity index (χ4v) is 7.23. The molecule has 1 aromatic heterocycles. The van der Waals surface area contributed by atoms with E-state index in [9.17, 15) is 121 Å². The molecule has 16 unspecified atom stereocenters. The van der Waals surface area contributed by atoms with Gasteiger partial charge in [-0.05, 0) is 19.3 Å². The highest BCUT2D eigenvalue weighted by Gasteiger charge is 2.38. The lowest BCUT2D eigenvalue weighted by Gasteiger charge is -2.33. The maximum atomic E-state index is 14.0. The number of anilines is 2. The van der Waals surface area contributed by atoms with Crippen LogP contribution in [0.15, 0.2) is 0 Å². The molecule has 0 radical (unpaired) electrons. The van der Waals surface area contributed by atoms with Gasteiger partial charge >= 0.3 is 0 Å². The highest BCUT2D eigenvalue weighted by atomic mass is 16.5. The Bertz CT molecular complexity index is 1700. The normalized spacial score (nSPS) is 18.1. The second-order valence-electron chi connectivity index (χ2n) is 18.2. The van der Waals surface area contributed by atoms with E-state index in [0.29, 0.717) is 22.6 Å². The van der Waals surface area contributed by atoms with Gasteiger partial charge in [0, 0.05) is 92.5 Å². The molecule has 0 aliphatic heterocycles. The summed E-state index contributed by atoms with van der Waals surface area (Å²) in [7, 11) is 2.85. The van der Waals surface area contributed by atoms with Crippen molar-refractivity contribution in [1.29, 1.82) is 0 Å². The van der Waals surface area contributed by atoms with Crippen molar-refractivity contribution in [3.05, 3.63) is 11.4 Å². The Kier molecular flexibility index (Phi) is 34.8. The minimum absolute atomic E-state index is 0.0817. The maximum Gasteiger partial charge on any atom is 0.273 e. The number of Topliss-reactive ketones (excluding diaryl/α,β-unsaturated/α-hetero) is 1. The fraction of sp³-hybridized carbons (Fsp3) is 0.822. The maximum absolute atomic E-state index is 14.0. The molecule has 0 aromatic carbocycles. The summed E-state index contributed by atoms with van der Waals surface area (Å²) < 4.78 is 10.2. The molecule has 1 heterocycles.